The number of carbonyl (C=O) groups is 2. The van der Waals surface area contributed by atoms with Crippen molar-refractivity contribution in [3.63, 3.8) is 0 Å². The minimum absolute atomic E-state index is 0.0958. The van der Waals surface area contributed by atoms with Gasteiger partial charge in [-0.1, -0.05) is 17.7 Å². The lowest BCUT2D eigenvalue weighted by Crippen LogP contribution is -2.34. The van der Waals surface area contributed by atoms with E-state index in [2.05, 4.69) is 15.5 Å². The van der Waals surface area contributed by atoms with Gasteiger partial charge in [-0.2, -0.15) is 0 Å². The summed E-state index contributed by atoms with van der Waals surface area (Å²) < 4.78 is 15.3. The van der Waals surface area contributed by atoms with Crippen LogP contribution in [0.4, 0.5) is 0 Å². The van der Waals surface area contributed by atoms with E-state index in [1.54, 1.807) is 36.4 Å². The average Bonchev–Trinajstić information content (AvgIpc) is 3.30. The molecule has 0 saturated carbocycles. The number of furan rings is 1. The summed E-state index contributed by atoms with van der Waals surface area (Å²) in [6.07, 6.45) is 1.45. The van der Waals surface area contributed by atoms with Gasteiger partial charge in [-0.15, -0.1) is 10.2 Å². The summed E-state index contributed by atoms with van der Waals surface area (Å²) in [6, 6.07) is 8.97. The molecule has 0 fully saturated rings. The molecule has 1 unspecified atom stereocenters. The van der Waals surface area contributed by atoms with Crippen molar-refractivity contribution in [3.8, 4) is 11.7 Å². The van der Waals surface area contributed by atoms with Gasteiger partial charge in [0, 0.05) is 5.56 Å². The van der Waals surface area contributed by atoms with Gasteiger partial charge in [-0.05, 0) is 31.2 Å². The number of hydrogen-bond acceptors (Lipinski definition) is 7. The molecule has 1 aromatic carbocycles. The maximum Gasteiger partial charge on any atom is 0.338 e. The Morgan fingerprint density at radius 2 is 1.92 bits per heavy atom. The first-order valence-corrected chi connectivity index (χ1v) is 7.41. The van der Waals surface area contributed by atoms with Crippen LogP contribution in [0.1, 0.15) is 27.9 Å². The fourth-order valence-corrected chi connectivity index (χ4v) is 2.11. The molecule has 0 saturated heterocycles. The molecule has 2 heterocycles. The van der Waals surface area contributed by atoms with Gasteiger partial charge in [-0.25, -0.2) is 4.79 Å². The molecule has 0 spiro atoms. The van der Waals surface area contributed by atoms with E-state index < -0.39 is 17.9 Å². The lowest BCUT2D eigenvalue weighted by atomic mass is 10.1. The van der Waals surface area contributed by atoms with Crippen molar-refractivity contribution in [2.75, 3.05) is 7.11 Å². The van der Waals surface area contributed by atoms with Gasteiger partial charge in [0.2, 0.25) is 6.04 Å². The third kappa shape index (κ3) is 3.57. The second-order valence-electron chi connectivity index (χ2n) is 5.22. The van der Waals surface area contributed by atoms with E-state index in [0.29, 0.717) is 11.3 Å². The average molecular weight is 341 g/mol. The second-order valence-corrected chi connectivity index (χ2v) is 5.22. The number of nitrogens with zero attached hydrogens (tertiary/aromatic N) is 2. The highest BCUT2D eigenvalue weighted by molar-refractivity contribution is 5.96. The van der Waals surface area contributed by atoms with E-state index in [1.165, 1.54) is 13.4 Å². The van der Waals surface area contributed by atoms with Crippen LogP contribution in [-0.2, 0) is 9.53 Å². The SMILES string of the molecule is COC(=O)C(NC(=O)c1ccc(C)cc1)c1nnc(-c2ccco2)o1. The lowest BCUT2D eigenvalue weighted by molar-refractivity contribution is -0.143. The summed E-state index contributed by atoms with van der Waals surface area (Å²) >= 11 is 0. The Hall–Kier alpha value is -3.42. The highest BCUT2D eigenvalue weighted by Crippen LogP contribution is 2.22. The van der Waals surface area contributed by atoms with Gasteiger partial charge >= 0.3 is 5.97 Å². The molecule has 8 nitrogen and oxygen atoms in total. The summed E-state index contributed by atoms with van der Waals surface area (Å²) in [5.41, 5.74) is 1.41. The number of esters is 1. The van der Waals surface area contributed by atoms with Crippen LogP contribution in [0.3, 0.4) is 0 Å². The predicted octanol–water partition coefficient (Wildman–Crippen LogP) is 2.28. The van der Waals surface area contributed by atoms with Crippen molar-refractivity contribution in [1.29, 1.82) is 0 Å². The largest absolute Gasteiger partial charge is 0.467 e. The second kappa shape index (κ2) is 7.00. The van der Waals surface area contributed by atoms with E-state index >= 15 is 0 Å². The molecule has 1 N–H and O–H groups in total. The minimum atomic E-state index is -1.23. The zero-order valence-corrected chi connectivity index (χ0v) is 13.6. The standard InChI is InChI=1S/C17H15N3O5/c1-10-5-7-11(8-6-10)14(21)18-13(17(22)23-2)16-20-19-15(25-16)12-4-3-9-24-12/h3-9,13H,1-2H3,(H,18,21). The molecular weight excluding hydrogens is 326 g/mol. The maximum absolute atomic E-state index is 12.4. The number of amides is 1. The number of benzene rings is 1. The smallest absolute Gasteiger partial charge is 0.338 e. The number of rotatable bonds is 5. The molecule has 0 radical (unpaired) electrons. The van der Waals surface area contributed by atoms with Gasteiger partial charge in [0.1, 0.15) is 0 Å². The summed E-state index contributed by atoms with van der Waals surface area (Å²) in [7, 11) is 1.21. The van der Waals surface area contributed by atoms with Crippen LogP contribution in [0, 0.1) is 6.92 Å². The molecule has 0 aliphatic rings. The highest BCUT2D eigenvalue weighted by Gasteiger charge is 2.30. The Balaban J connectivity index is 1.84. The quantitative estimate of drug-likeness (QED) is 0.709. The number of hydrogen-bond donors (Lipinski definition) is 1. The molecule has 128 valence electrons. The van der Waals surface area contributed by atoms with E-state index in [-0.39, 0.29) is 11.8 Å². The highest BCUT2D eigenvalue weighted by atomic mass is 16.5. The summed E-state index contributed by atoms with van der Waals surface area (Å²) in [4.78, 5) is 24.4. The fraction of sp³-hybridized carbons (Fsp3) is 0.176. The molecule has 3 aromatic rings. The minimum Gasteiger partial charge on any atom is -0.467 e. The molecule has 0 aliphatic carbocycles. The van der Waals surface area contributed by atoms with Crippen molar-refractivity contribution in [2.24, 2.45) is 0 Å². The van der Waals surface area contributed by atoms with Crippen molar-refractivity contribution in [2.45, 2.75) is 13.0 Å². The molecule has 2 aromatic heterocycles. The number of methoxy groups -OCH3 is 1. The van der Waals surface area contributed by atoms with Crippen LogP contribution in [0.2, 0.25) is 0 Å². The summed E-state index contributed by atoms with van der Waals surface area (Å²) in [5.74, 6) is -0.840. The normalized spacial score (nSPS) is 11.8. The molecule has 1 amide bonds. The summed E-state index contributed by atoms with van der Waals surface area (Å²) in [5, 5.41) is 10.2. The number of carbonyl (C=O) groups excluding carboxylic acids is 2. The third-order valence-electron chi connectivity index (χ3n) is 3.45. The first-order valence-electron chi connectivity index (χ1n) is 7.41. The Labute approximate surface area is 142 Å². The lowest BCUT2D eigenvalue weighted by Gasteiger charge is -2.13. The van der Waals surface area contributed by atoms with Crippen LogP contribution >= 0.6 is 0 Å². The third-order valence-corrected chi connectivity index (χ3v) is 3.45. The number of ether oxygens (including phenoxy) is 1. The molecule has 8 heteroatoms. The Bertz CT molecular complexity index is 868. The zero-order valence-electron chi connectivity index (χ0n) is 13.6. The molecular formula is C17H15N3O5. The van der Waals surface area contributed by atoms with Gasteiger partial charge in [0.15, 0.2) is 5.76 Å². The molecule has 0 bridgehead atoms. The van der Waals surface area contributed by atoms with Crippen molar-refractivity contribution >= 4 is 11.9 Å². The van der Waals surface area contributed by atoms with Gasteiger partial charge < -0.3 is 18.9 Å². The summed E-state index contributed by atoms with van der Waals surface area (Å²) in [6.45, 7) is 1.91. The van der Waals surface area contributed by atoms with Crippen molar-refractivity contribution in [3.05, 3.63) is 59.7 Å². The van der Waals surface area contributed by atoms with E-state index in [0.717, 1.165) is 5.56 Å². The van der Waals surface area contributed by atoms with Gasteiger partial charge in [0.05, 0.1) is 13.4 Å². The monoisotopic (exact) mass is 341 g/mol. The maximum atomic E-state index is 12.4. The van der Waals surface area contributed by atoms with Crippen molar-refractivity contribution in [1.82, 2.24) is 15.5 Å². The Kier molecular flexibility index (Phi) is 4.60. The number of nitrogens with one attached hydrogen (secondary N) is 1. The molecule has 0 aliphatic heterocycles. The molecule has 3 rings (SSSR count). The van der Waals surface area contributed by atoms with E-state index in [4.69, 9.17) is 13.6 Å². The van der Waals surface area contributed by atoms with Gasteiger partial charge in [0.25, 0.3) is 17.7 Å². The fourth-order valence-electron chi connectivity index (χ4n) is 2.11. The van der Waals surface area contributed by atoms with Crippen LogP contribution in [0.25, 0.3) is 11.7 Å². The zero-order chi connectivity index (χ0) is 17.8. The van der Waals surface area contributed by atoms with Crippen LogP contribution in [0.15, 0.2) is 51.5 Å². The van der Waals surface area contributed by atoms with Gasteiger partial charge in [-0.3, -0.25) is 4.79 Å². The number of aromatic nitrogens is 2. The van der Waals surface area contributed by atoms with Crippen LogP contribution in [-0.4, -0.2) is 29.2 Å². The number of aryl methyl sites for hydroxylation is 1. The molecule has 1 atom stereocenters. The van der Waals surface area contributed by atoms with E-state index in [9.17, 15) is 9.59 Å². The first-order chi connectivity index (χ1) is 12.1. The Morgan fingerprint density at radius 1 is 1.16 bits per heavy atom. The molecule has 25 heavy (non-hydrogen) atoms. The topological polar surface area (TPSA) is 107 Å². The Morgan fingerprint density at radius 3 is 2.56 bits per heavy atom. The van der Waals surface area contributed by atoms with Crippen LogP contribution < -0.4 is 5.32 Å². The van der Waals surface area contributed by atoms with Crippen molar-refractivity contribution < 1.29 is 23.2 Å². The van der Waals surface area contributed by atoms with Crippen LogP contribution in [0.5, 0.6) is 0 Å². The first kappa shape index (κ1) is 16.4. The predicted molar refractivity (Wildman–Crippen MR) is 85.4 cm³/mol. The van der Waals surface area contributed by atoms with E-state index in [1.807, 2.05) is 6.92 Å².